The van der Waals surface area contributed by atoms with E-state index in [1.807, 2.05) is 25.1 Å². The lowest BCUT2D eigenvalue weighted by Crippen LogP contribution is -2.39. The van der Waals surface area contributed by atoms with Crippen LogP contribution in [0, 0.1) is 11.3 Å². The molecule has 0 amide bonds. The Morgan fingerprint density at radius 1 is 1.33 bits per heavy atom. The average molecular weight is 288 g/mol. The molecule has 1 aromatic carbocycles. The lowest BCUT2D eigenvalue weighted by molar-refractivity contribution is -0.149. The summed E-state index contributed by atoms with van der Waals surface area (Å²) >= 11 is 0. The first-order valence-corrected chi connectivity index (χ1v) is 7.73. The summed E-state index contributed by atoms with van der Waals surface area (Å²) in [7, 11) is 1.39. The number of hydrogen-bond donors (Lipinski definition) is 0. The minimum Gasteiger partial charge on any atom is -0.469 e. The van der Waals surface area contributed by atoms with Crippen molar-refractivity contribution < 1.29 is 14.3 Å². The Bertz CT molecular complexity index is 494. The van der Waals surface area contributed by atoms with Crippen molar-refractivity contribution in [3.63, 3.8) is 0 Å². The van der Waals surface area contributed by atoms with E-state index in [-0.39, 0.29) is 18.2 Å². The van der Waals surface area contributed by atoms with Gasteiger partial charge < -0.3 is 4.74 Å². The van der Waals surface area contributed by atoms with Crippen molar-refractivity contribution in [1.82, 2.24) is 0 Å². The number of carbonyl (C=O) groups excluding carboxylic acids is 2. The van der Waals surface area contributed by atoms with Gasteiger partial charge in [-0.05, 0) is 37.2 Å². The first kappa shape index (κ1) is 15.7. The largest absolute Gasteiger partial charge is 0.469 e. The number of carbonyl (C=O) groups is 2. The molecule has 0 aromatic heterocycles. The van der Waals surface area contributed by atoms with E-state index in [4.69, 9.17) is 4.74 Å². The van der Waals surface area contributed by atoms with Gasteiger partial charge in [0, 0.05) is 11.8 Å². The first-order chi connectivity index (χ1) is 10.1. The zero-order valence-electron chi connectivity index (χ0n) is 12.9. The molecular formula is C18H24O3. The normalized spacial score (nSPS) is 25.6. The second kappa shape index (κ2) is 6.88. The molecule has 0 heterocycles. The topological polar surface area (TPSA) is 43.4 Å². The molecule has 1 aromatic rings. The standard InChI is InChI=1S/C18H24O3/c1-3-18(13-17(20)21-2)10-9-15(12-16(18)19)11-14-7-5-4-6-8-14/h4-8,15H,3,9-13H2,1-2H3/t15-,18+/m0/s1. The van der Waals surface area contributed by atoms with Crippen molar-refractivity contribution in [2.24, 2.45) is 11.3 Å². The van der Waals surface area contributed by atoms with E-state index in [1.54, 1.807) is 0 Å². The molecule has 1 aliphatic carbocycles. The van der Waals surface area contributed by atoms with Crippen LogP contribution in [0.5, 0.6) is 0 Å². The fraction of sp³-hybridized carbons (Fsp3) is 0.556. The molecule has 0 spiro atoms. The van der Waals surface area contributed by atoms with Gasteiger partial charge in [0.15, 0.2) is 0 Å². The van der Waals surface area contributed by atoms with Crippen LogP contribution < -0.4 is 0 Å². The van der Waals surface area contributed by atoms with Gasteiger partial charge in [-0.25, -0.2) is 0 Å². The number of hydrogen-bond acceptors (Lipinski definition) is 3. The molecule has 0 aliphatic heterocycles. The second-order valence-corrected chi connectivity index (χ2v) is 6.11. The van der Waals surface area contributed by atoms with E-state index >= 15 is 0 Å². The average Bonchev–Trinajstić information content (AvgIpc) is 2.51. The third-order valence-electron chi connectivity index (χ3n) is 4.85. The van der Waals surface area contributed by atoms with Crippen LogP contribution in [0.25, 0.3) is 0 Å². The van der Waals surface area contributed by atoms with Crippen molar-refractivity contribution in [1.29, 1.82) is 0 Å². The Morgan fingerprint density at radius 3 is 2.62 bits per heavy atom. The van der Waals surface area contributed by atoms with Gasteiger partial charge >= 0.3 is 5.97 Å². The summed E-state index contributed by atoms with van der Waals surface area (Å²) in [6, 6.07) is 10.3. The Hall–Kier alpha value is -1.64. The number of ketones is 1. The number of esters is 1. The molecule has 3 nitrogen and oxygen atoms in total. The van der Waals surface area contributed by atoms with Crippen molar-refractivity contribution in [3.8, 4) is 0 Å². The van der Waals surface area contributed by atoms with Crippen LogP contribution in [0.1, 0.15) is 44.6 Å². The highest BCUT2D eigenvalue weighted by Gasteiger charge is 2.42. The number of Topliss-reactive ketones (excluding diaryl/α,β-unsaturated/α-hetero) is 1. The maximum absolute atomic E-state index is 12.6. The number of methoxy groups -OCH3 is 1. The lowest BCUT2D eigenvalue weighted by atomic mass is 9.65. The quantitative estimate of drug-likeness (QED) is 0.778. The highest BCUT2D eigenvalue weighted by molar-refractivity contribution is 5.89. The fourth-order valence-corrected chi connectivity index (χ4v) is 3.36. The summed E-state index contributed by atoms with van der Waals surface area (Å²) in [5.41, 5.74) is 0.799. The van der Waals surface area contributed by atoms with Crippen molar-refractivity contribution in [3.05, 3.63) is 35.9 Å². The third-order valence-corrected chi connectivity index (χ3v) is 4.85. The summed E-state index contributed by atoms with van der Waals surface area (Å²) in [6.07, 6.45) is 4.29. The molecule has 3 heteroatoms. The van der Waals surface area contributed by atoms with Gasteiger partial charge in [-0.3, -0.25) is 9.59 Å². The van der Waals surface area contributed by atoms with Gasteiger partial charge in [0.1, 0.15) is 5.78 Å². The highest BCUT2D eigenvalue weighted by Crippen LogP contribution is 2.42. The van der Waals surface area contributed by atoms with Crippen LogP contribution >= 0.6 is 0 Å². The summed E-state index contributed by atoms with van der Waals surface area (Å²) in [4.78, 5) is 24.2. The predicted molar refractivity (Wildman–Crippen MR) is 81.9 cm³/mol. The number of ether oxygens (including phenoxy) is 1. The molecule has 1 fully saturated rings. The molecule has 0 N–H and O–H groups in total. The maximum Gasteiger partial charge on any atom is 0.306 e. The van der Waals surface area contributed by atoms with Crippen LogP contribution in [-0.4, -0.2) is 18.9 Å². The third kappa shape index (κ3) is 3.72. The SMILES string of the molecule is CC[C@]1(CC(=O)OC)CC[C@@H](Cc2ccccc2)CC1=O. The summed E-state index contributed by atoms with van der Waals surface area (Å²) in [6.45, 7) is 2.00. The zero-order chi connectivity index (χ0) is 15.3. The Balaban J connectivity index is 2.00. The Morgan fingerprint density at radius 2 is 2.05 bits per heavy atom. The Kier molecular flexibility index (Phi) is 5.16. The molecule has 114 valence electrons. The van der Waals surface area contributed by atoms with E-state index in [0.29, 0.717) is 12.3 Å². The minimum atomic E-state index is -0.486. The molecule has 1 saturated carbocycles. The smallest absolute Gasteiger partial charge is 0.306 e. The number of rotatable bonds is 5. The fourth-order valence-electron chi connectivity index (χ4n) is 3.36. The van der Waals surface area contributed by atoms with E-state index in [1.165, 1.54) is 12.7 Å². The molecule has 21 heavy (non-hydrogen) atoms. The van der Waals surface area contributed by atoms with E-state index in [9.17, 15) is 9.59 Å². The summed E-state index contributed by atoms with van der Waals surface area (Å²) in [5.74, 6) is 0.367. The Labute approximate surface area is 126 Å². The molecule has 0 bridgehead atoms. The van der Waals surface area contributed by atoms with Crippen LogP contribution in [0.15, 0.2) is 30.3 Å². The maximum atomic E-state index is 12.6. The highest BCUT2D eigenvalue weighted by atomic mass is 16.5. The minimum absolute atomic E-state index is 0.233. The summed E-state index contributed by atoms with van der Waals surface area (Å²) in [5, 5.41) is 0. The molecule has 0 saturated heterocycles. The molecule has 1 aliphatic rings. The van der Waals surface area contributed by atoms with Gasteiger partial charge in [0.2, 0.25) is 0 Å². The van der Waals surface area contributed by atoms with Crippen LogP contribution in [0.2, 0.25) is 0 Å². The van der Waals surface area contributed by atoms with E-state index in [0.717, 1.165) is 25.7 Å². The van der Waals surface area contributed by atoms with Crippen molar-refractivity contribution >= 4 is 11.8 Å². The van der Waals surface area contributed by atoms with Crippen molar-refractivity contribution in [2.75, 3.05) is 7.11 Å². The van der Waals surface area contributed by atoms with E-state index < -0.39 is 5.41 Å². The van der Waals surface area contributed by atoms with Crippen LogP contribution in [-0.2, 0) is 20.7 Å². The molecular weight excluding hydrogens is 264 g/mol. The van der Waals surface area contributed by atoms with Crippen molar-refractivity contribution in [2.45, 2.75) is 45.4 Å². The molecule has 2 atom stereocenters. The van der Waals surface area contributed by atoms with Gasteiger partial charge in [0.05, 0.1) is 13.5 Å². The van der Waals surface area contributed by atoms with Crippen LogP contribution in [0.3, 0.4) is 0 Å². The lowest BCUT2D eigenvalue weighted by Gasteiger charge is -2.37. The van der Waals surface area contributed by atoms with Gasteiger partial charge in [-0.1, -0.05) is 37.3 Å². The van der Waals surface area contributed by atoms with Gasteiger partial charge in [-0.15, -0.1) is 0 Å². The van der Waals surface area contributed by atoms with Gasteiger partial charge in [-0.2, -0.15) is 0 Å². The molecule has 0 unspecified atom stereocenters. The molecule has 2 rings (SSSR count). The molecule has 0 radical (unpaired) electrons. The zero-order valence-corrected chi connectivity index (χ0v) is 12.9. The first-order valence-electron chi connectivity index (χ1n) is 7.73. The monoisotopic (exact) mass is 288 g/mol. The van der Waals surface area contributed by atoms with Gasteiger partial charge in [0.25, 0.3) is 0 Å². The van der Waals surface area contributed by atoms with E-state index in [2.05, 4.69) is 12.1 Å². The predicted octanol–water partition coefficient (Wildman–Crippen LogP) is 3.56. The number of benzene rings is 1. The second-order valence-electron chi connectivity index (χ2n) is 6.11. The summed E-state index contributed by atoms with van der Waals surface area (Å²) < 4.78 is 4.76. The van der Waals surface area contributed by atoms with Crippen LogP contribution in [0.4, 0.5) is 0 Å².